The summed E-state index contributed by atoms with van der Waals surface area (Å²) >= 11 is 0. The molecule has 0 atom stereocenters. The highest BCUT2D eigenvalue weighted by Crippen LogP contribution is 2.27. The van der Waals surface area contributed by atoms with Crippen LogP contribution in [0.1, 0.15) is 23.3 Å². The molecule has 0 spiro atoms. The van der Waals surface area contributed by atoms with E-state index in [4.69, 9.17) is 7.85 Å². The van der Waals surface area contributed by atoms with Gasteiger partial charge in [0.2, 0.25) is 0 Å². The van der Waals surface area contributed by atoms with E-state index in [1.165, 1.54) is 12.8 Å². The van der Waals surface area contributed by atoms with Gasteiger partial charge in [-0.25, -0.2) is 0 Å². The third-order valence-corrected chi connectivity index (χ3v) is 2.25. The molecule has 4 heteroatoms. The lowest BCUT2D eigenvalue weighted by Gasteiger charge is -2.03. The molecule has 2 rings (SSSR count). The van der Waals surface area contributed by atoms with Crippen LogP contribution in [-0.4, -0.2) is 25.3 Å². The van der Waals surface area contributed by atoms with Crippen molar-refractivity contribution >= 4 is 19.3 Å². The van der Waals surface area contributed by atoms with Crippen LogP contribution < -0.4 is 10.9 Å². The van der Waals surface area contributed by atoms with Gasteiger partial charge in [0.15, 0.2) is 0 Å². The van der Waals surface area contributed by atoms with E-state index < -0.39 is 0 Å². The Labute approximate surface area is 84.3 Å². The molecule has 1 aliphatic rings. The summed E-state index contributed by atoms with van der Waals surface area (Å²) in [4.78, 5) is 15.4. The molecule has 0 saturated heterocycles. The summed E-state index contributed by atoms with van der Waals surface area (Å²) < 4.78 is 0. The topological polar surface area (TPSA) is 42.0 Å². The second-order valence-corrected chi connectivity index (χ2v) is 3.60. The second kappa shape index (κ2) is 3.82. The number of rotatable bonds is 3. The molecule has 0 aliphatic heterocycles. The van der Waals surface area contributed by atoms with Crippen molar-refractivity contribution in [3.05, 3.63) is 23.9 Å². The SMILES string of the molecule is [B]c1cccc(C(=O)NCC2CC2)n1. The first-order valence-corrected chi connectivity index (χ1v) is 4.76. The van der Waals surface area contributed by atoms with Gasteiger partial charge >= 0.3 is 0 Å². The van der Waals surface area contributed by atoms with E-state index in [-0.39, 0.29) is 5.91 Å². The number of carbonyl (C=O) groups excluding carboxylic acids is 1. The minimum absolute atomic E-state index is 0.135. The van der Waals surface area contributed by atoms with Gasteiger partial charge in [-0.05, 0) is 30.4 Å². The van der Waals surface area contributed by atoms with Crippen LogP contribution in [0, 0.1) is 5.92 Å². The molecule has 1 aromatic heterocycles. The lowest BCUT2D eigenvalue weighted by Crippen LogP contribution is -2.28. The standard InChI is InChI=1S/C10H11BN2O/c11-9-3-1-2-8(13-9)10(14)12-6-7-4-5-7/h1-3,7H,4-6H2,(H,12,14). The van der Waals surface area contributed by atoms with Crippen molar-refractivity contribution in [2.24, 2.45) is 5.92 Å². The third kappa shape index (κ3) is 2.34. The van der Waals surface area contributed by atoms with Gasteiger partial charge in [0, 0.05) is 6.54 Å². The summed E-state index contributed by atoms with van der Waals surface area (Å²) in [5.74, 6) is 0.546. The monoisotopic (exact) mass is 186 g/mol. The van der Waals surface area contributed by atoms with E-state index in [2.05, 4.69) is 10.3 Å². The molecule has 1 aromatic rings. The number of nitrogens with zero attached hydrogens (tertiary/aromatic N) is 1. The van der Waals surface area contributed by atoms with Gasteiger partial charge in [0.05, 0.1) is 0 Å². The molecule has 0 bridgehead atoms. The van der Waals surface area contributed by atoms with Crippen molar-refractivity contribution in [2.75, 3.05) is 6.54 Å². The molecular formula is C10H11BN2O. The van der Waals surface area contributed by atoms with Gasteiger partial charge in [-0.15, -0.1) is 0 Å². The Bertz CT molecular complexity index is 350. The van der Waals surface area contributed by atoms with Crippen molar-refractivity contribution in [1.82, 2.24) is 10.3 Å². The Morgan fingerprint density at radius 2 is 2.36 bits per heavy atom. The largest absolute Gasteiger partial charge is 0.350 e. The molecular weight excluding hydrogens is 175 g/mol. The quantitative estimate of drug-likeness (QED) is 0.676. The summed E-state index contributed by atoms with van der Waals surface area (Å²) in [6.45, 7) is 0.759. The summed E-state index contributed by atoms with van der Waals surface area (Å²) in [6.07, 6.45) is 2.45. The number of hydrogen-bond donors (Lipinski definition) is 1. The van der Waals surface area contributed by atoms with E-state index in [9.17, 15) is 4.79 Å². The molecule has 1 heterocycles. The van der Waals surface area contributed by atoms with Crippen LogP contribution >= 0.6 is 0 Å². The van der Waals surface area contributed by atoms with E-state index in [0.29, 0.717) is 17.2 Å². The van der Waals surface area contributed by atoms with Crippen LogP contribution in [0.4, 0.5) is 0 Å². The molecule has 14 heavy (non-hydrogen) atoms. The summed E-state index contributed by atoms with van der Waals surface area (Å²) in [7, 11) is 5.47. The number of carbonyl (C=O) groups is 1. The minimum Gasteiger partial charge on any atom is -0.350 e. The predicted molar refractivity (Wildman–Crippen MR) is 54.7 cm³/mol. The van der Waals surface area contributed by atoms with Crippen molar-refractivity contribution in [1.29, 1.82) is 0 Å². The number of pyridine rings is 1. The van der Waals surface area contributed by atoms with Gasteiger partial charge in [-0.1, -0.05) is 12.1 Å². The fraction of sp³-hybridized carbons (Fsp3) is 0.400. The average molecular weight is 186 g/mol. The van der Waals surface area contributed by atoms with Crippen molar-refractivity contribution in [2.45, 2.75) is 12.8 Å². The fourth-order valence-corrected chi connectivity index (χ4v) is 1.23. The van der Waals surface area contributed by atoms with Crippen LogP contribution in [0.3, 0.4) is 0 Å². The number of amides is 1. The van der Waals surface area contributed by atoms with Gasteiger partial charge in [-0.2, -0.15) is 0 Å². The molecule has 1 saturated carbocycles. The van der Waals surface area contributed by atoms with E-state index in [1.54, 1.807) is 18.2 Å². The van der Waals surface area contributed by atoms with E-state index in [1.807, 2.05) is 0 Å². The Kier molecular flexibility index (Phi) is 2.52. The highest BCUT2D eigenvalue weighted by molar-refractivity contribution is 6.30. The molecule has 3 nitrogen and oxygen atoms in total. The van der Waals surface area contributed by atoms with Crippen LogP contribution in [0.15, 0.2) is 18.2 Å². The molecule has 1 amide bonds. The molecule has 70 valence electrons. The lowest BCUT2D eigenvalue weighted by molar-refractivity contribution is 0.0947. The first-order chi connectivity index (χ1) is 6.75. The molecule has 0 unspecified atom stereocenters. The van der Waals surface area contributed by atoms with Gasteiger partial charge in [-0.3, -0.25) is 9.78 Å². The highest BCUT2D eigenvalue weighted by atomic mass is 16.1. The Balaban J connectivity index is 1.95. The normalized spacial score (nSPS) is 15.1. The average Bonchev–Trinajstić information content (AvgIpc) is 2.97. The zero-order valence-electron chi connectivity index (χ0n) is 7.86. The van der Waals surface area contributed by atoms with Gasteiger partial charge in [0.1, 0.15) is 13.5 Å². The smallest absolute Gasteiger partial charge is 0.269 e. The highest BCUT2D eigenvalue weighted by Gasteiger charge is 2.21. The van der Waals surface area contributed by atoms with E-state index in [0.717, 1.165) is 6.54 Å². The maximum atomic E-state index is 11.5. The molecule has 2 radical (unpaired) electrons. The predicted octanol–water partition coefficient (Wildman–Crippen LogP) is 0.0152. The van der Waals surface area contributed by atoms with Gasteiger partial charge in [0.25, 0.3) is 5.91 Å². The third-order valence-electron chi connectivity index (χ3n) is 2.25. The first kappa shape index (κ1) is 9.25. The molecule has 1 fully saturated rings. The molecule has 1 N–H and O–H groups in total. The lowest BCUT2D eigenvalue weighted by atomic mass is 10.0. The summed E-state index contributed by atoms with van der Waals surface area (Å²) in [6, 6.07) is 5.06. The van der Waals surface area contributed by atoms with E-state index >= 15 is 0 Å². The zero-order chi connectivity index (χ0) is 9.97. The van der Waals surface area contributed by atoms with Crippen molar-refractivity contribution < 1.29 is 4.79 Å². The van der Waals surface area contributed by atoms with Gasteiger partial charge < -0.3 is 5.32 Å². The Morgan fingerprint density at radius 3 is 3.00 bits per heavy atom. The number of hydrogen-bond acceptors (Lipinski definition) is 2. The maximum absolute atomic E-state index is 11.5. The first-order valence-electron chi connectivity index (χ1n) is 4.76. The molecule has 0 aromatic carbocycles. The van der Waals surface area contributed by atoms with Crippen LogP contribution in [0.5, 0.6) is 0 Å². The number of aromatic nitrogens is 1. The second-order valence-electron chi connectivity index (χ2n) is 3.60. The molecule has 1 aliphatic carbocycles. The van der Waals surface area contributed by atoms with Crippen LogP contribution in [0.2, 0.25) is 0 Å². The van der Waals surface area contributed by atoms with Crippen molar-refractivity contribution in [3.63, 3.8) is 0 Å². The van der Waals surface area contributed by atoms with Crippen molar-refractivity contribution in [3.8, 4) is 0 Å². The van der Waals surface area contributed by atoms with Crippen LogP contribution in [-0.2, 0) is 0 Å². The summed E-state index contributed by atoms with van der Waals surface area (Å²) in [5, 5.41) is 2.83. The fourth-order valence-electron chi connectivity index (χ4n) is 1.23. The zero-order valence-corrected chi connectivity index (χ0v) is 7.86. The Morgan fingerprint density at radius 1 is 1.57 bits per heavy atom. The maximum Gasteiger partial charge on any atom is 0.269 e. The Hall–Kier alpha value is -1.32. The van der Waals surface area contributed by atoms with Crippen LogP contribution in [0.25, 0.3) is 0 Å². The summed E-state index contributed by atoms with van der Waals surface area (Å²) in [5.41, 5.74) is 0.773. The number of nitrogens with one attached hydrogen (secondary N) is 1. The minimum atomic E-state index is -0.135.